The van der Waals surface area contributed by atoms with Crippen LogP contribution in [0.3, 0.4) is 0 Å². The number of carboxylic acid groups (broad SMARTS) is 1. The largest absolute Gasteiger partial charge is 0.481 e. The summed E-state index contributed by atoms with van der Waals surface area (Å²) < 4.78 is 5.19. The molecule has 0 aromatic heterocycles. The second-order valence-corrected chi connectivity index (χ2v) is 3.35. The Morgan fingerprint density at radius 3 is 2.62 bits per heavy atom. The molecule has 1 aliphatic heterocycles. The molecule has 1 saturated heterocycles. The van der Waals surface area contributed by atoms with E-state index in [2.05, 4.69) is 0 Å². The van der Waals surface area contributed by atoms with Gasteiger partial charge >= 0.3 is 5.97 Å². The van der Waals surface area contributed by atoms with Crippen LogP contribution in [-0.2, 0) is 9.53 Å². The van der Waals surface area contributed by atoms with Crippen molar-refractivity contribution in [3.05, 3.63) is 0 Å². The van der Waals surface area contributed by atoms with Crippen LogP contribution in [0.4, 0.5) is 0 Å². The first-order chi connectivity index (χ1) is 6.00. The molecule has 0 aromatic rings. The number of rotatable bonds is 2. The number of carboxylic acids is 1. The molecule has 5 heteroatoms. The van der Waals surface area contributed by atoms with Gasteiger partial charge in [0.15, 0.2) is 0 Å². The van der Waals surface area contributed by atoms with E-state index >= 15 is 0 Å². The monoisotopic (exact) mass is 190 g/mol. The molecular weight excluding hydrogens is 176 g/mol. The zero-order valence-electron chi connectivity index (χ0n) is 7.38. The van der Waals surface area contributed by atoms with Crippen LogP contribution < -0.4 is 0 Å². The van der Waals surface area contributed by atoms with Crippen molar-refractivity contribution in [2.75, 3.05) is 0 Å². The van der Waals surface area contributed by atoms with Gasteiger partial charge in [-0.3, -0.25) is 4.79 Å². The van der Waals surface area contributed by atoms with Gasteiger partial charge in [-0.05, 0) is 6.92 Å². The van der Waals surface area contributed by atoms with Crippen LogP contribution in [-0.4, -0.2) is 45.7 Å². The number of ether oxygens (including phenoxy) is 1. The molecule has 1 fully saturated rings. The average molecular weight is 190 g/mol. The molecule has 0 spiro atoms. The summed E-state index contributed by atoms with van der Waals surface area (Å²) in [5, 5.41) is 27.1. The van der Waals surface area contributed by atoms with Crippen LogP contribution in [0.25, 0.3) is 0 Å². The highest BCUT2D eigenvalue weighted by atomic mass is 16.5. The Balaban J connectivity index is 2.48. The molecule has 3 N–H and O–H groups in total. The van der Waals surface area contributed by atoms with E-state index in [0.717, 1.165) is 0 Å². The van der Waals surface area contributed by atoms with Crippen molar-refractivity contribution in [3.63, 3.8) is 0 Å². The minimum absolute atomic E-state index is 0.131. The minimum atomic E-state index is -0.958. The molecule has 0 saturated carbocycles. The van der Waals surface area contributed by atoms with Crippen molar-refractivity contribution < 1.29 is 24.9 Å². The fraction of sp³-hybridized carbons (Fsp3) is 0.875. The van der Waals surface area contributed by atoms with Gasteiger partial charge in [0, 0.05) is 6.42 Å². The SMILES string of the molecule is C[C@@H]1O[C@H](CC(=O)O)C[C@H](O)[C@H]1O. The Kier molecular flexibility index (Phi) is 3.24. The fourth-order valence-electron chi connectivity index (χ4n) is 1.49. The van der Waals surface area contributed by atoms with E-state index < -0.39 is 30.4 Å². The lowest BCUT2D eigenvalue weighted by atomic mass is 9.97. The highest BCUT2D eigenvalue weighted by Gasteiger charge is 2.34. The maximum Gasteiger partial charge on any atom is 0.305 e. The van der Waals surface area contributed by atoms with Crippen molar-refractivity contribution >= 4 is 5.97 Å². The van der Waals surface area contributed by atoms with Crippen molar-refractivity contribution in [1.82, 2.24) is 0 Å². The Bertz CT molecular complexity index is 181. The lowest BCUT2D eigenvalue weighted by Crippen LogP contribution is -2.47. The Morgan fingerprint density at radius 1 is 1.54 bits per heavy atom. The number of aliphatic hydroxyl groups excluding tert-OH is 2. The minimum Gasteiger partial charge on any atom is -0.481 e. The van der Waals surface area contributed by atoms with Crippen LogP contribution in [0.1, 0.15) is 19.8 Å². The predicted molar refractivity (Wildman–Crippen MR) is 43.2 cm³/mol. The van der Waals surface area contributed by atoms with Crippen LogP contribution in [0.2, 0.25) is 0 Å². The van der Waals surface area contributed by atoms with Gasteiger partial charge in [0.25, 0.3) is 0 Å². The van der Waals surface area contributed by atoms with E-state index in [1.54, 1.807) is 6.92 Å². The maximum absolute atomic E-state index is 10.3. The van der Waals surface area contributed by atoms with Gasteiger partial charge < -0.3 is 20.1 Å². The Morgan fingerprint density at radius 2 is 2.15 bits per heavy atom. The van der Waals surface area contributed by atoms with Crippen LogP contribution >= 0.6 is 0 Å². The molecule has 0 aliphatic carbocycles. The van der Waals surface area contributed by atoms with Gasteiger partial charge in [-0.15, -0.1) is 0 Å². The molecule has 5 nitrogen and oxygen atoms in total. The number of aliphatic carboxylic acids is 1. The molecular formula is C8H14O5. The third-order valence-corrected chi connectivity index (χ3v) is 2.19. The molecule has 4 atom stereocenters. The zero-order chi connectivity index (χ0) is 10.0. The normalized spacial score (nSPS) is 40.2. The average Bonchev–Trinajstić information content (AvgIpc) is 1.98. The van der Waals surface area contributed by atoms with Gasteiger partial charge in [-0.2, -0.15) is 0 Å². The van der Waals surface area contributed by atoms with E-state index in [1.165, 1.54) is 0 Å². The number of aliphatic hydroxyl groups is 2. The molecule has 0 radical (unpaired) electrons. The van der Waals surface area contributed by atoms with Crippen molar-refractivity contribution in [1.29, 1.82) is 0 Å². The van der Waals surface area contributed by atoms with E-state index in [-0.39, 0.29) is 12.8 Å². The van der Waals surface area contributed by atoms with Gasteiger partial charge in [0.05, 0.1) is 24.7 Å². The molecule has 13 heavy (non-hydrogen) atoms. The summed E-state index contributed by atoms with van der Waals surface area (Å²) in [6.07, 6.45) is -2.75. The first-order valence-electron chi connectivity index (χ1n) is 4.24. The molecule has 1 aliphatic rings. The van der Waals surface area contributed by atoms with E-state index in [0.29, 0.717) is 0 Å². The van der Waals surface area contributed by atoms with E-state index in [4.69, 9.17) is 9.84 Å². The molecule has 0 bridgehead atoms. The van der Waals surface area contributed by atoms with Crippen molar-refractivity contribution in [2.45, 2.75) is 44.2 Å². The summed E-state index contributed by atoms with van der Waals surface area (Å²) in [5.74, 6) is -0.958. The first-order valence-corrected chi connectivity index (χ1v) is 4.24. The van der Waals surface area contributed by atoms with Crippen LogP contribution in [0.5, 0.6) is 0 Å². The van der Waals surface area contributed by atoms with Gasteiger partial charge in [0.2, 0.25) is 0 Å². The van der Waals surface area contributed by atoms with Gasteiger partial charge in [0.1, 0.15) is 6.10 Å². The second kappa shape index (κ2) is 4.04. The summed E-state index contributed by atoms with van der Waals surface area (Å²) >= 11 is 0. The smallest absolute Gasteiger partial charge is 0.305 e. The van der Waals surface area contributed by atoms with E-state index in [1.807, 2.05) is 0 Å². The summed E-state index contributed by atoms with van der Waals surface area (Å²) in [4.78, 5) is 10.3. The van der Waals surface area contributed by atoms with Crippen LogP contribution in [0.15, 0.2) is 0 Å². The van der Waals surface area contributed by atoms with Gasteiger partial charge in [-0.1, -0.05) is 0 Å². The standard InChI is InChI=1S/C8H14O5/c1-4-8(12)6(9)2-5(13-4)3-7(10)11/h4-6,8-9,12H,2-3H2,1H3,(H,10,11)/t4-,5-,6-,8-/m0/s1. The third kappa shape index (κ3) is 2.65. The summed E-state index contributed by atoms with van der Waals surface area (Å²) in [6.45, 7) is 1.61. The molecule has 1 heterocycles. The lowest BCUT2D eigenvalue weighted by Gasteiger charge is -2.34. The number of hydrogen-bond donors (Lipinski definition) is 3. The number of carbonyl (C=O) groups is 1. The fourth-order valence-corrected chi connectivity index (χ4v) is 1.49. The first kappa shape index (κ1) is 10.4. The van der Waals surface area contributed by atoms with Crippen LogP contribution in [0, 0.1) is 0 Å². The Hall–Kier alpha value is -0.650. The molecule has 0 unspecified atom stereocenters. The number of hydrogen-bond acceptors (Lipinski definition) is 4. The summed E-state index contributed by atoms with van der Waals surface area (Å²) in [7, 11) is 0. The predicted octanol–water partition coefficient (Wildman–Crippen LogP) is -0.640. The quantitative estimate of drug-likeness (QED) is 0.539. The molecule has 0 aromatic carbocycles. The molecule has 1 rings (SSSR count). The lowest BCUT2D eigenvalue weighted by molar-refractivity contribution is -0.170. The maximum atomic E-state index is 10.3. The highest BCUT2D eigenvalue weighted by Crippen LogP contribution is 2.21. The zero-order valence-corrected chi connectivity index (χ0v) is 7.38. The topological polar surface area (TPSA) is 87.0 Å². The van der Waals surface area contributed by atoms with Gasteiger partial charge in [-0.25, -0.2) is 0 Å². The highest BCUT2D eigenvalue weighted by molar-refractivity contribution is 5.67. The second-order valence-electron chi connectivity index (χ2n) is 3.35. The Labute approximate surface area is 75.9 Å². The van der Waals surface area contributed by atoms with E-state index in [9.17, 15) is 15.0 Å². The van der Waals surface area contributed by atoms with Crippen molar-refractivity contribution in [3.8, 4) is 0 Å². The molecule has 0 amide bonds. The van der Waals surface area contributed by atoms with Crippen molar-refractivity contribution in [2.24, 2.45) is 0 Å². The summed E-state index contributed by atoms with van der Waals surface area (Å²) in [6, 6.07) is 0. The molecule has 76 valence electrons. The third-order valence-electron chi connectivity index (χ3n) is 2.19. The summed E-state index contributed by atoms with van der Waals surface area (Å²) in [5.41, 5.74) is 0.